The van der Waals surface area contributed by atoms with Crippen LogP contribution in [0.3, 0.4) is 0 Å². The van der Waals surface area contributed by atoms with Gasteiger partial charge in [-0.1, -0.05) is 30.3 Å². The maximum Gasteiger partial charge on any atom is 0.259 e. The number of nitriles is 1. The van der Waals surface area contributed by atoms with Gasteiger partial charge in [0.15, 0.2) is 11.5 Å². The van der Waals surface area contributed by atoms with Crippen LogP contribution in [0.1, 0.15) is 34.0 Å². The Hall–Kier alpha value is -4.36. The van der Waals surface area contributed by atoms with Gasteiger partial charge in [-0.2, -0.15) is 10.4 Å². The standard InChI is InChI=1S/C27H25BrN4O5/c1-3-36-24-13-18(12-22(28)26(24)37-17-20-9-5-4-8-19(20)14-29)15-31-32-25(33)16-30-27(34)21-10-6-7-11-23(21)35-2/h4-13,15H,3,16-17H2,1-2H3,(H,30,34)(H,32,33). The number of amides is 2. The highest BCUT2D eigenvalue weighted by atomic mass is 79.9. The minimum Gasteiger partial charge on any atom is -0.496 e. The molecule has 2 amide bonds. The lowest BCUT2D eigenvalue weighted by Gasteiger charge is -2.15. The zero-order valence-corrected chi connectivity index (χ0v) is 21.9. The molecule has 0 fully saturated rings. The van der Waals surface area contributed by atoms with Crippen LogP contribution in [0, 0.1) is 11.3 Å². The minimum atomic E-state index is -0.500. The SMILES string of the molecule is CCOc1cc(C=NNC(=O)CNC(=O)c2ccccc2OC)cc(Br)c1OCc1ccccc1C#N. The van der Waals surface area contributed by atoms with Gasteiger partial charge >= 0.3 is 0 Å². The van der Waals surface area contributed by atoms with Crippen LogP contribution in [-0.2, 0) is 11.4 Å². The summed E-state index contributed by atoms with van der Waals surface area (Å²) in [7, 11) is 1.47. The van der Waals surface area contributed by atoms with Gasteiger partial charge in [0.25, 0.3) is 11.8 Å². The fourth-order valence-electron chi connectivity index (χ4n) is 3.28. The molecule has 2 N–H and O–H groups in total. The molecule has 10 heteroatoms. The summed E-state index contributed by atoms with van der Waals surface area (Å²) in [4.78, 5) is 24.5. The zero-order valence-electron chi connectivity index (χ0n) is 20.3. The second-order valence-corrected chi connectivity index (χ2v) is 8.35. The molecular weight excluding hydrogens is 540 g/mol. The van der Waals surface area contributed by atoms with E-state index < -0.39 is 11.8 Å². The van der Waals surface area contributed by atoms with Gasteiger partial charge in [0.05, 0.1) is 48.1 Å². The zero-order chi connectivity index (χ0) is 26.6. The summed E-state index contributed by atoms with van der Waals surface area (Å²) in [6.07, 6.45) is 1.45. The first kappa shape index (κ1) is 27.2. The molecule has 0 aliphatic rings. The molecule has 3 aromatic carbocycles. The van der Waals surface area contributed by atoms with Crippen molar-refractivity contribution in [3.63, 3.8) is 0 Å². The number of rotatable bonds is 11. The number of ether oxygens (including phenoxy) is 3. The number of para-hydroxylation sites is 1. The molecule has 0 aromatic heterocycles. The van der Waals surface area contributed by atoms with Crippen molar-refractivity contribution in [2.45, 2.75) is 13.5 Å². The van der Waals surface area contributed by atoms with Crippen LogP contribution in [0.4, 0.5) is 0 Å². The first-order valence-corrected chi connectivity index (χ1v) is 12.1. The Bertz CT molecular complexity index is 1340. The summed E-state index contributed by atoms with van der Waals surface area (Å²) in [5.41, 5.74) is 4.63. The van der Waals surface area contributed by atoms with Gasteiger partial charge < -0.3 is 19.5 Å². The Morgan fingerprint density at radius 3 is 2.59 bits per heavy atom. The number of carbonyl (C=O) groups is 2. The van der Waals surface area contributed by atoms with Gasteiger partial charge in [0.2, 0.25) is 0 Å². The third-order valence-electron chi connectivity index (χ3n) is 5.01. The van der Waals surface area contributed by atoms with E-state index in [1.54, 1.807) is 48.5 Å². The van der Waals surface area contributed by atoms with Crippen LogP contribution in [0.5, 0.6) is 17.2 Å². The largest absolute Gasteiger partial charge is 0.496 e. The van der Waals surface area contributed by atoms with Crippen molar-refractivity contribution in [2.75, 3.05) is 20.3 Å². The van der Waals surface area contributed by atoms with Crippen LogP contribution in [0.15, 0.2) is 70.2 Å². The van der Waals surface area contributed by atoms with Gasteiger partial charge in [0.1, 0.15) is 12.4 Å². The van der Waals surface area contributed by atoms with E-state index in [-0.39, 0.29) is 13.2 Å². The number of nitrogens with zero attached hydrogens (tertiary/aromatic N) is 2. The molecule has 0 radical (unpaired) electrons. The average Bonchev–Trinajstić information content (AvgIpc) is 2.91. The van der Waals surface area contributed by atoms with Crippen molar-refractivity contribution in [3.8, 4) is 23.3 Å². The molecule has 37 heavy (non-hydrogen) atoms. The number of hydrazone groups is 1. The quantitative estimate of drug-likeness (QED) is 0.266. The van der Waals surface area contributed by atoms with E-state index in [4.69, 9.17) is 14.2 Å². The molecule has 0 aliphatic carbocycles. The minimum absolute atomic E-state index is 0.187. The predicted molar refractivity (Wildman–Crippen MR) is 142 cm³/mol. The first-order chi connectivity index (χ1) is 18.0. The summed E-state index contributed by atoms with van der Waals surface area (Å²) in [6, 6.07) is 19.6. The molecule has 190 valence electrons. The first-order valence-electron chi connectivity index (χ1n) is 11.3. The lowest BCUT2D eigenvalue weighted by molar-refractivity contribution is -0.120. The molecular formula is C27H25BrN4O5. The highest BCUT2D eigenvalue weighted by Crippen LogP contribution is 2.37. The van der Waals surface area contributed by atoms with Crippen LogP contribution in [-0.4, -0.2) is 38.3 Å². The molecule has 3 rings (SSSR count). The summed E-state index contributed by atoms with van der Waals surface area (Å²) < 4.78 is 17.5. The van der Waals surface area contributed by atoms with Crippen molar-refractivity contribution in [1.82, 2.24) is 10.7 Å². The molecule has 0 saturated heterocycles. The van der Waals surface area contributed by atoms with Crippen molar-refractivity contribution < 1.29 is 23.8 Å². The summed E-state index contributed by atoms with van der Waals surface area (Å²) in [5, 5.41) is 15.8. The van der Waals surface area contributed by atoms with Crippen molar-refractivity contribution >= 4 is 34.0 Å². The maximum absolute atomic E-state index is 12.3. The van der Waals surface area contributed by atoms with Gasteiger partial charge in [-0.15, -0.1) is 0 Å². The van der Waals surface area contributed by atoms with Crippen molar-refractivity contribution in [1.29, 1.82) is 5.26 Å². The monoisotopic (exact) mass is 564 g/mol. The Balaban J connectivity index is 1.61. The molecule has 0 atom stereocenters. The van der Waals surface area contributed by atoms with Crippen LogP contribution < -0.4 is 25.0 Å². The Labute approximate surface area is 223 Å². The highest BCUT2D eigenvalue weighted by Gasteiger charge is 2.14. The smallest absolute Gasteiger partial charge is 0.259 e. The second kappa shape index (κ2) is 13.7. The molecule has 0 aliphatic heterocycles. The van der Waals surface area contributed by atoms with E-state index in [1.807, 2.05) is 19.1 Å². The van der Waals surface area contributed by atoms with Crippen LogP contribution in [0.25, 0.3) is 0 Å². The van der Waals surface area contributed by atoms with Gasteiger partial charge in [-0.25, -0.2) is 5.43 Å². The molecule has 0 bridgehead atoms. The number of methoxy groups -OCH3 is 1. The summed E-state index contributed by atoms with van der Waals surface area (Å²) in [5.74, 6) is 0.434. The van der Waals surface area contributed by atoms with Gasteiger partial charge in [-0.3, -0.25) is 9.59 Å². The van der Waals surface area contributed by atoms with E-state index in [9.17, 15) is 14.9 Å². The predicted octanol–water partition coefficient (Wildman–Crippen LogP) is 4.19. The van der Waals surface area contributed by atoms with Crippen molar-refractivity contribution in [3.05, 3.63) is 87.4 Å². The fourth-order valence-corrected chi connectivity index (χ4v) is 3.85. The molecule has 0 heterocycles. The van der Waals surface area contributed by atoms with E-state index in [0.29, 0.717) is 45.0 Å². The number of hydrogen-bond acceptors (Lipinski definition) is 7. The van der Waals surface area contributed by atoms with Gasteiger partial charge in [0, 0.05) is 5.56 Å². The summed E-state index contributed by atoms with van der Waals surface area (Å²) in [6.45, 7) is 2.18. The Morgan fingerprint density at radius 2 is 1.84 bits per heavy atom. The molecule has 9 nitrogen and oxygen atoms in total. The lowest BCUT2D eigenvalue weighted by Crippen LogP contribution is -2.35. The summed E-state index contributed by atoms with van der Waals surface area (Å²) >= 11 is 3.50. The Morgan fingerprint density at radius 1 is 1.08 bits per heavy atom. The molecule has 0 spiro atoms. The van der Waals surface area contributed by atoms with E-state index >= 15 is 0 Å². The van der Waals surface area contributed by atoms with Gasteiger partial charge in [-0.05, 0) is 58.7 Å². The fraction of sp³-hybridized carbons (Fsp3) is 0.185. The average molecular weight is 565 g/mol. The number of nitrogens with one attached hydrogen (secondary N) is 2. The molecule has 3 aromatic rings. The third-order valence-corrected chi connectivity index (χ3v) is 5.59. The van der Waals surface area contributed by atoms with E-state index in [2.05, 4.69) is 37.8 Å². The topological polar surface area (TPSA) is 122 Å². The highest BCUT2D eigenvalue weighted by molar-refractivity contribution is 9.10. The van der Waals surface area contributed by atoms with E-state index in [0.717, 1.165) is 5.56 Å². The molecule has 0 unspecified atom stereocenters. The molecule has 0 saturated carbocycles. The lowest BCUT2D eigenvalue weighted by atomic mass is 10.1. The van der Waals surface area contributed by atoms with Crippen molar-refractivity contribution in [2.24, 2.45) is 5.10 Å². The van der Waals surface area contributed by atoms with Crippen LogP contribution in [0.2, 0.25) is 0 Å². The van der Waals surface area contributed by atoms with Crippen LogP contribution >= 0.6 is 15.9 Å². The second-order valence-electron chi connectivity index (χ2n) is 7.50. The Kier molecular flexibility index (Phi) is 10.0. The number of benzene rings is 3. The number of hydrogen-bond donors (Lipinski definition) is 2. The number of halogens is 1. The number of carbonyl (C=O) groups excluding carboxylic acids is 2. The maximum atomic E-state index is 12.3. The van der Waals surface area contributed by atoms with E-state index in [1.165, 1.54) is 13.3 Å². The normalized spacial score (nSPS) is 10.4. The third kappa shape index (κ3) is 7.56.